The van der Waals surface area contributed by atoms with Crippen molar-refractivity contribution < 1.29 is 9.90 Å². The first-order chi connectivity index (χ1) is 8.00. The highest BCUT2D eigenvalue weighted by molar-refractivity contribution is 9.10. The van der Waals surface area contributed by atoms with E-state index in [0.29, 0.717) is 12.3 Å². The molecule has 3 heteroatoms. The molecule has 1 unspecified atom stereocenters. The lowest BCUT2D eigenvalue weighted by atomic mass is 9.92. The van der Waals surface area contributed by atoms with Crippen molar-refractivity contribution in [1.82, 2.24) is 0 Å². The molecule has 0 aromatic heterocycles. The number of carbonyl (C=O) groups is 1. The molecule has 0 bridgehead atoms. The molecule has 2 nitrogen and oxygen atoms in total. The Morgan fingerprint density at radius 3 is 2.47 bits per heavy atom. The van der Waals surface area contributed by atoms with E-state index >= 15 is 0 Å². The second kappa shape index (κ2) is 6.80. The first kappa shape index (κ1) is 14.2. The Labute approximate surface area is 111 Å². The Balaban J connectivity index is 2.67. The Bertz CT molecular complexity index is 374. The van der Waals surface area contributed by atoms with Gasteiger partial charge < -0.3 is 5.11 Å². The molecule has 0 amide bonds. The number of carboxylic acid groups (broad SMARTS) is 1. The third kappa shape index (κ3) is 4.90. The molecule has 0 saturated carbocycles. The zero-order valence-corrected chi connectivity index (χ0v) is 11.9. The van der Waals surface area contributed by atoms with E-state index in [9.17, 15) is 9.90 Å². The standard InChI is InChI=1S/C14H19BrO2/c1-10(2)7-8-12(14(16)17)9-11-5-3-4-6-13(11)15/h3-6,10,12H,7-9H2,1-2H3,(H,16,17). The summed E-state index contributed by atoms with van der Waals surface area (Å²) in [5.41, 5.74) is 1.07. The molecule has 1 atom stereocenters. The largest absolute Gasteiger partial charge is 0.481 e. The van der Waals surface area contributed by atoms with Gasteiger partial charge in [0.15, 0.2) is 0 Å². The maximum absolute atomic E-state index is 11.2. The second-order valence-electron chi connectivity index (χ2n) is 4.80. The van der Waals surface area contributed by atoms with Gasteiger partial charge in [0.1, 0.15) is 0 Å². The molecule has 1 aromatic carbocycles. The molecule has 1 aromatic rings. The zero-order chi connectivity index (χ0) is 12.8. The van der Waals surface area contributed by atoms with Crippen LogP contribution in [0.3, 0.4) is 0 Å². The summed E-state index contributed by atoms with van der Waals surface area (Å²) in [6.45, 7) is 4.24. The number of hydrogen-bond donors (Lipinski definition) is 1. The molecule has 0 aliphatic heterocycles. The summed E-state index contributed by atoms with van der Waals surface area (Å²) < 4.78 is 0.996. The lowest BCUT2D eigenvalue weighted by Crippen LogP contribution is -2.17. The average molecular weight is 299 g/mol. The van der Waals surface area contributed by atoms with E-state index in [-0.39, 0.29) is 5.92 Å². The molecule has 0 saturated heterocycles. The van der Waals surface area contributed by atoms with Crippen molar-refractivity contribution in [1.29, 1.82) is 0 Å². The van der Waals surface area contributed by atoms with Crippen molar-refractivity contribution in [2.45, 2.75) is 33.1 Å². The quantitative estimate of drug-likeness (QED) is 0.857. The van der Waals surface area contributed by atoms with E-state index in [1.807, 2.05) is 24.3 Å². The molecular weight excluding hydrogens is 280 g/mol. The van der Waals surface area contributed by atoms with E-state index in [0.717, 1.165) is 22.9 Å². The molecule has 0 aliphatic rings. The van der Waals surface area contributed by atoms with Gasteiger partial charge >= 0.3 is 5.97 Å². The summed E-state index contributed by atoms with van der Waals surface area (Å²) in [5.74, 6) is -0.423. The molecule has 1 rings (SSSR count). The first-order valence-electron chi connectivity index (χ1n) is 5.97. The van der Waals surface area contributed by atoms with Gasteiger partial charge in [-0.05, 0) is 30.4 Å². The molecular formula is C14H19BrO2. The highest BCUT2D eigenvalue weighted by atomic mass is 79.9. The van der Waals surface area contributed by atoms with Crippen LogP contribution in [0.25, 0.3) is 0 Å². The fraction of sp³-hybridized carbons (Fsp3) is 0.500. The Hall–Kier alpha value is -0.830. The summed E-state index contributed by atoms with van der Waals surface area (Å²) in [7, 11) is 0. The minimum atomic E-state index is -0.693. The summed E-state index contributed by atoms with van der Waals surface area (Å²) in [6, 6.07) is 7.82. The lowest BCUT2D eigenvalue weighted by Gasteiger charge is -2.14. The summed E-state index contributed by atoms with van der Waals surface area (Å²) in [6.07, 6.45) is 2.30. The topological polar surface area (TPSA) is 37.3 Å². The molecule has 0 spiro atoms. The van der Waals surface area contributed by atoms with E-state index in [4.69, 9.17) is 0 Å². The molecule has 94 valence electrons. The van der Waals surface area contributed by atoms with Gasteiger partial charge in [-0.3, -0.25) is 4.79 Å². The first-order valence-corrected chi connectivity index (χ1v) is 6.76. The third-order valence-electron chi connectivity index (χ3n) is 2.87. The van der Waals surface area contributed by atoms with Gasteiger partial charge in [-0.1, -0.05) is 54.4 Å². The van der Waals surface area contributed by atoms with Crippen LogP contribution in [0.15, 0.2) is 28.7 Å². The van der Waals surface area contributed by atoms with Crippen molar-refractivity contribution in [3.05, 3.63) is 34.3 Å². The minimum Gasteiger partial charge on any atom is -0.481 e. The molecule has 0 fully saturated rings. The van der Waals surface area contributed by atoms with Crippen LogP contribution < -0.4 is 0 Å². The van der Waals surface area contributed by atoms with Crippen LogP contribution in [0.2, 0.25) is 0 Å². The number of carboxylic acids is 1. The minimum absolute atomic E-state index is 0.281. The highest BCUT2D eigenvalue weighted by Crippen LogP contribution is 2.23. The molecule has 17 heavy (non-hydrogen) atoms. The Morgan fingerprint density at radius 1 is 1.29 bits per heavy atom. The van der Waals surface area contributed by atoms with Gasteiger partial charge in [-0.2, -0.15) is 0 Å². The zero-order valence-electron chi connectivity index (χ0n) is 10.3. The second-order valence-corrected chi connectivity index (χ2v) is 5.66. The van der Waals surface area contributed by atoms with Gasteiger partial charge in [-0.15, -0.1) is 0 Å². The SMILES string of the molecule is CC(C)CCC(Cc1ccccc1Br)C(=O)O. The fourth-order valence-corrected chi connectivity index (χ4v) is 2.22. The number of halogens is 1. The van der Waals surface area contributed by atoms with Gasteiger partial charge in [0.25, 0.3) is 0 Å². The van der Waals surface area contributed by atoms with E-state index in [2.05, 4.69) is 29.8 Å². The maximum atomic E-state index is 11.2. The fourth-order valence-electron chi connectivity index (χ4n) is 1.78. The Kier molecular flexibility index (Phi) is 5.69. The van der Waals surface area contributed by atoms with Crippen LogP contribution in [-0.4, -0.2) is 11.1 Å². The number of benzene rings is 1. The predicted octanol–water partition coefficient (Wildman–Crippen LogP) is 4.13. The number of aliphatic carboxylic acids is 1. The van der Waals surface area contributed by atoms with Crippen molar-refractivity contribution in [2.75, 3.05) is 0 Å². The number of rotatable bonds is 6. The van der Waals surface area contributed by atoms with Crippen molar-refractivity contribution in [2.24, 2.45) is 11.8 Å². The van der Waals surface area contributed by atoms with Crippen molar-refractivity contribution in [3.8, 4) is 0 Å². The molecule has 0 heterocycles. The van der Waals surface area contributed by atoms with Crippen LogP contribution in [0, 0.1) is 11.8 Å². The van der Waals surface area contributed by atoms with Crippen molar-refractivity contribution >= 4 is 21.9 Å². The van der Waals surface area contributed by atoms with Crippen molar-refractivity contribution in [3.63, 3.8) is 0 Å². The predicted molar refractivity (Wildman–Crippen MR) is 73.0 cm³/mol. The van der Waals surface area contributed by atoms with E-state index in [1.54, 1.807) is 0 Å². The molecule has 0 radical (unpaired) electrons. The number of hydrogen-bond acceptors (Lipinski definition) is 1. The van der Waals surface area contributed by atoms with Gasteiger partial charge in [0, 0.05) is 4.47 Å². The van der Waals surface area contributed by atoms with E-state index < -0.39 is 5.97 Å². The van der Waals surface area contributed by atoms with Crippen LogP contribution in [-0.2, 0) is 11.2 Å². The average Bonchev–Trinajstić information content (AvgIpc) is 2.25. The van der Waals surface area contributed by atoms with Crippen LogP contribution >= 0.6 is 15.9 Å². The Morgan fingerprint density at radius 2 is 1.94 bits per heavy atom. The third-order valence-corrected chi connectivity index (χ3v) is 3.64. The summed E-state index contributed by atoms with van der Waals surface area (Å²) in [4.78, 5) is 11.2. The smallest absolute Gasteiger partial charge is 0.306 e. The van der Waals surface area contributed by atoms with Crippen LogP contribution in [0.1, 0.15) is 32.3 Å². The lowest BCUT2D eigenvalue weighted by molar-refractivity contribution is -0.142. The van der Waals surface area contributed by atoms with Gasteiger partial charge in [0.2, 0.25) is 0 Å². The molecule has 0 aliphatic carbocycles. The molecule has 1 N–H and O–H groups in total. The van der Waals surface area contributed by atoms with Gasteiger partial charge in [-0.25, -0.2) is 0 Å². The van der Waals surface area contributed by atoms with Crippen LogP contribution in [0.4, 0.5) is 0 Å². The monoisotopic (exact) mass is 298 g/mol. The summed E-state index contributed by atoms with van der Waals surface area (Å²) >= 11 is 3.46. The van der Waals surface area contributed by atoms with E-state index in [1.165, 1.54) is 0 Å². The highest BCUT2D eigenvalue weighted by Gasteiger charge is 2.19. The summed E-state index contributed by atoms with van der Waals surface area (Å²) in [5, 5.41) is 9.22. The maximum Gasteiger partial charge on any atom is 0.306 e. The van der Waals surface area contributed by atoms with Crippen LogP contribution in [0.5, 0.6) is 0 Å². The van der Waals surface area contributed by atoms with Gasteiger partial charge in [0.05, 0.1) is 5.92 Å². The normalized spacial score (nSPS) is 12.7.